The van der Waals surface area contributed by atoms with Crippen LogP contribution in [0.1, 0.15) is 0 Å². The van der Waals surface area contributed by atoms with Crippen molar-refractivity contribution >= 4 is 55.0 Å². The zero-order chi connectivity index (χ0) is 18.5. The van der Waals surface area contributed by atoms with E-state index in [1.165, 1.54) is 52.5 Å². The second-order valence-electron chi connectivity index (χ2n) is 6.98. The van der Waals surface area contributed by atoms with Gasteiger partial charge in [0.1, 0.15) is 0 Å². The standard InChI is InChI=1S/C26H16S2/c1-3-10-19-17(8-1)16-18-9-2-4-11-20(18)24(19)26-22-13-6-5-12-21(22)25(28-26)23-14-7-15-27-23/h1-16H. The van der Waals surface area contributed by atoms with Crippen molar-refractivity contribution in [2.24, 2.45) is 0 Å². The quantitative estimate of drug-likeness (QED) is 0.259. The molecule has 2 heterocycles. The van der Waals surface area contributed by atoms with Crippen LogP contribution in [0.25, 0.3) is 52.5 Å². The average molecular weight is 393 g/mol. The van der Waals surface area contributed by atoms with E-state index in [2.05, 4.69) is 96.4 Å². The number of benzene rings is 4. The zero-order valence-electron chi connectivity index (χ0n) is 15.1. The average Bonchev–Trinajstić information content (AvgIpc) is 3.40. The molecular weight excluding hydrogens is 376 g/mol. The highest BCUT2D eigenvalue weighted by molar-refractivity contribution is 7.25. The van der Waals surface area contributed by atoms with E-state index in [0.29, 0.717) is 0 Å². The number of rotatable bonds is 2. The minimum Gasteiger partial charge on any atom is -0.143 e. The van der Waals surface area contributed by atoms with Crippen LogP contribution in [-0.2, 0) is 0 Å². The van der Waals surface area contributed by atoms with E-state index in [9.17, 15) is 0 Å². The molecule has 0 unspecified atom stereocenters. The Hall–Kier alpha value is -2.94. The van der Waals surface area contributed by atoms with Crippen molar-refractivity contribution in [3.8, 4) is 20.2 Å². The normalized spacial score (nSPS) is 11.6. The van der Waals surface area contributed by atoms with Crippen LogP contribution >= 0.6 is 22.7 Å². The molecule has 0 aliphatic heterocycles. The Balaban J connectivity index is 1.81. The maximum absolute atomic E-state index is 2.31. The summed E-state index contributed by atoms with van der Waals surface area (Å²) in [6.07, 6.45) is 0. The molecule has 6 aromatic rings. The fourth-order valence-electron chi connectivity index (χ4n) is 4.13. The van der Waals surface area contributed by atoms with E-state index in [4.69, 9.17) is 0 Å². The Morgan fingerprint density at radius 2 is 1.07 bits per heavy atom. The van der Waals surface area contributed by atoms with Gasteiger partial charge in [-0.3, -0.25) is 0 Å². The number of hydrogen-bond donors (Lipinski definition) is 0. The molecule has 0 radical (unpaired) electrons. The summed E-state index contributed by atoms with van der Waals surface area (Å²) >= 11 is 3.74. The Morgan fingerprint density at radius 1 is 0.500 bits per heavy atom. The van der Waals surface area contributed by atoms with Gasteiger partial charge in [-0.25, -0.2) is 0 Å². The third kappa shape index (κ3) is 2.35. The zero-order valence-corrected chi connectivity index (χ0v) is 16.7. The van der Waals surface area contributed by atoms with Gasteiger partial charge in [0, 0.05) is 26.1 Å². The molecule has 0 saturated heterocycles. The van der Waals surface area contributed by atoms with E-state index in [-0.39, 0.29) is 0 Å². The maximum atomic E-state index is 2.31. The molecule has 0 nitrogen and oxygen atoms in total. The lowest BCUT2D eigenvalue weighted by molar-refractivity contribution is 1.76. The molecule has 0 aliphatic rings. The summed E-state index contributed by atoms with van der Waals surface area (Å²) < 4.78 is 0. The van der Waals surface area contributed by atoms with Crippen LogP contribution in [0.2, 0.25) is 0 Å². The summed E-state index contributed by atoms with van der Waals surface area (Å²) in [4.78, 5) is 4.08. The lowest BCUT2D eigenvalue weighted by Crippen LogP contribution is -1.83. The van der Waals surface area contributed by atoms with Crippen LogP contribution in [0.5, 0.6) is 0 Å². The summed E-state index contributed by atoms with van der Waals surface area (Å²) in [6, 6.07) is 33.0. The Morgan fingerprint density at radius 3 is 1.68 bits per heavy atom. The second kappa shape index (κ2) is 6.30. The molecule has 6 rings (SSSR count). The highest BCUT2D eigenvalue weighted by Crippen LogP contribution is 2.48. The van der Waals surface area contributed by atoms with Gasteiger partial charge < -0.3 is 0 Å². The fraction of sp³-hybridized carbons (Fsp3) is 0. The van der Waals surface area contributed by atoms with Gasteiger partial charge in [-0.1, -0.05) is 78.9 Å². The van der Waals surface area contributed by atoms with Crippen molar-refractivity contribution < 1.29 is 0 Å². The molecule has 0 aliphatic carbocycles. The van der Waals surface area contributed by atoms with E-state index >= 15 is 0 Å². The summed E-state index contributed by atoms with van der Waals surface area (Å²) in [6.45, 7) is 0. The molecule has 2 aromatic heterocycles. The molecule has 0 bridgehead atoms. The van der Waals surface area contributed by atoms with Crippen LogP contribution < -0.4 is 0 Å². The lowest BCUT2D eigenvalue weighted by atomic mass is 9.94. The first-order chi connectivity index (χ1) is 13.9. The van der Waals surface area contributed by atoms with Gasteiger partial charge in [-0.15, -0.1) is 22.7 Å². The van der Waals surface area contributed by atoms with Crippen molar-refractivity contribution in [2.45, 2.75) is 0 Å². The van der Waals surface area contributed by atoms with Crippen LogP contribution in [0, 0.1) is 0 Å². The molecule has 0 fully saturated rings. The summed E-state index contributed by atoms with van der Waals surface area (Å²) in [5.74, 6) is 0. The number of hydrogen-bond acceptors (Lipinski definition) is 2. The van der Waals surface area contributed by atoms with Crippen molar-refractivity contribution in [2.75, 3.05) is 0 Å². The van der Waals surface area contributed by atoms with Crippen LogP contribution in [0.3, 0.4) is 0 Å². The van der Waals surface area contributed by atoms with Gasteiger partial charge in [0.15, 0.2) is 0 Å². The highest BCUT2D eigenvalue weighted by Gasteiger charge is 2.18. The van der Waals surface area contributed by atoms with Crippen LogP contribution in [0.15, 0.2) is 96.4 Å². The van der Waals surface area contributed by atoms with Gasteiger partial charge in [0.25, 0.3) is 0 Å². The third-order valence-electron chi connectivity index (χ3n) is 5.36. The third-order valence-corrected chi connectivity index (χ3v) is 7.65. The predicted octanol–water partition coefficient (Wildman–Crippen LogP) is 8.60. The summed E-state index contributed by atoms with van der Waals surface area (Å²) in [5.41, 5.74) is 1.36. The lowest BCUT2D eigenvalue weighted by Gasteiger charge is -2.11. The first-order valence-electron chi connectivity index (χ1n) is 9.36. The second-order valence-corrected chi connectivity index (χ2v) is 8.95. The fourth-order valence-corrected chi connectivity index (χ4v) is 6.34. The van der Waals surface area contributed by atoms with E-state index in [1.54, 1.807) is 0 Å². The molecule has 0 atom stereocenters. The summed E-state index contributed by atoms with van der Waals surface area (Å²) in [5, 5.41) is 10.1. The smallest absolute Gasteiger partial charge is 0.0527 e. The highest BCUT2D eigenvalue weighted by atomic mass is 32.1. The van der Waals surface area contributed by atoms with E-state index in [0.717, 1.165) is 0 Å². The first-order valence-corrected chi connectivity index (χ1v) is 11.1. The molecular formula is C26H16S2. The van der Waals surface area contributed by atoms with Gasteiger partial charge in [-0.2, -0.15) is 0 Å². The Labute approximate surface area is 171 Å². The molecule has 0 N–H and O–H groups in total. The minimum absolute atomic E-state index is 1.30. The van der Waals surface area contributed by atoms with Gasteiger partial charge in [0.05, 0.1) is 4.88 Å². The van der Waals surface area contributed by atoms with E-state index < -0.39 is 0 Å². The Kier molecular flexibility index (Phi) is 3.61. The number of fused-ring (bicyclic) bond motifs is 3. The van der Waals surface area contributed by atoms with Crippen molar-refractivity contribution in [1.29, 1.82) is 0 Å². The largest absolute Gasteiger partial charge is 0.143 e. The van der Waals surface area contributed by atoms with Crippen molar-refractivity contribution in [3.05, 3.63) is 96.4 Å². The Bertz CT molecular complexity index is 1400. The maximum Gasteiger partial charge on any atom is 0.0527 e. The summed E-state index contributed by atoms with van der Waals surface area (Å²) in [7, 11) is 0. The monoisotopic (exact) mass is 392 g/mol. The van der Waals surface area contributed by atoms with Gasteiger partial charge in [-0.05, 0) is 39.1 Å². The number of thiophene rings is 2. The molecule has 4 aromatic carbocycles. The predicted molar refractivity (Wildman–Crippen MR) is 126 cm³/mol. The molecule has 0 amide bonds. The molecule has 0 saturated carbocycles. The van der Waals surface area contributed by atoms with E-state index in [1.807, 2.05) is 22.7 Å². The SMILES string of the molecule is c1csc(-c2sc(-c3c4ccccc4cc4ccccc34)c3ccccc23)c1. The van der Waals surface area contributed by atoms with Gasteiger partial charge >= 0.3 is 0 Å². The van der Waals surface area contributed by atoms with Crippen LogP contribution in [0.4, 0.5) is 0 Å². The molecule has 2 heteroatoms. The molecule has 132 valence electrons. The first kappa shape index (κ1) is 16.1. The van der Waals surface area contributed by atoms with Crippen LogP contribution in [-0.4, -0.2) is 0 Å². The molecule has 0 spiro atoms. The molecule has 28 heavy (non-hydrogen) atoms. The minimum atomic E-state index is 1.30. The van der Waals surface area contributed by atoms with Crippen molar-refractivity contribution in [3.63, 3.8) is 0 Å². The topological polar surface area (TPSA) is 0 Å². The van der Waals surface area contributed by atoms with Gasteiger partial charge in [0.2, 0.25) is 0 Å². The van der Waals surface area contributed by atoms with Crippen molar-refractivity contribution in [1.82, 2.24) is 0 Å².